The number of Topliss-reactive ketones (excluding diaryl/α,β-unsaturated/α-hetero) is 1. The third-order valence-corrected chi connectivity index (χ3v) is 6.08. The first-order chi connectivity index (χ1) is 16.4. The highest BCUT2D eigenvalue weighted by Gasteiger charge is 2.46. The first-order valence-corrected chi connectivity index (χ1v) is 11.3. The lowest BCUT2D eigenvalue weighted by atomic mass is 9.94. The fourth-order valence-corrected chi connectivity index (χ4v) is 4.25. The second-order valence-corrected chi connectivity index (χ2v) is 7.82. The van der Waals surface area contributed by atoms with Crippen LogP contribution in [0.5, 0.6) is 11.5 Å². The highest BCUT2D eigenvalue weighted by molar-refractivity contribution is 6.46. The van der Waals surface area contributed by atoms with Gasteiger partial charge in [0.15, 0.2) is 0 Å². The average molecular weight is 469 g/mol. The summed E-state index contributed by atoms with van der Waals surface area (Å²) in [4.78, 5) is 29.8. The molecule has 0 aliphatic carbocycles. The van der Waals surface area contributed by atoms with E-state index in [1.807, 2.05) is 24.3 Å². The molecule has 1 aliphatic rings. The van der Waals surface area contributed by atoms with Crippen molar-refractivity contribution in [3.8, 4) is 11.5 Å². The topological polar surface area (TPSA) is 88.5 Å². The smallest absolute Gasteiger partial charge is 0.295 e. The van der Waals surface area contributed by atoms with Gasteiger partial charge in [-0.25, -0.2) is 0 Å². The maximum atomic E-state index is 13.2. The number of carbonyl (C=O) groups is 2. The standard InChI is InChI=1S/C26H32N2O6/c1-6-27(7-2)18-10-8-17(9-11-18)23-22(25(30)26(31)28(23)14-15-32-3)24(29)20-16-19(33-4)12-13-21(20)34-5/h8-13,16,23,29H,6-7,14-15H2,1-5H3/b24-22+. The van der Waals surface area contributed by atoms with Crippen LogP contribution in [-0.2, 0) is 14.3 Å². The summed E-state index contributed by atoms with van der Waals surface area (Å²) in [7, 11) is 4.51. The summed E-state index contributed by atoms with van der Waals surface area (Å²) < 4.78 is 15.9. The quantitative estimate of drug-likeness (QED) is 0.324. The molecule has 1 N–H and O–H groups in total. The van der Waals surface area contributed by atoms with Crippen molar-refractivity contribution in [1.82, 2.24) is 4.90 Å². The summed E-state index contributed by atoms with van der Waals surface area (Å²) in [6.07, 6.45) is 0. The van der Waals surface area contributed by atoms with E-state index in [2.05, 4.69) is 18.7 Å². The van der Waals surface area contributed by atoms with E-state index >= 15 is 0 Å². The zero-order valence-corrected chi connectivity index (χ0v) is 20.3. The SMILES string of the molecule is CCN(CC)c1ccc(C2/C(=C(\O)c3cc(OC)ccc3OC)C(=O)C(=O)N2CCOC)cc1. The summed E-state index contributed by atoms with van der Waals surface area (Å²) >= 11 is 0. The summed E-state index contributed by atoms with van der Waals surface area (Å²) in [6, 6.07) is 11.9. The van der Waals surface area contributed by atoms with Gasteiger partial charge in [-0.15, -0.1) is 0 Å². The molecule has 0 aromatic heterocycles. The van der Waals surface area contributed by atoms with Crippen LogP contribution in [0.1, 0.15) is 31.0 Å². The van der Waals surface area contributed by atoms with E-state index in [0.717, 1.165) is 24.3 Å². The fraction of sp³-hybridized carbons (Fsp3) is 0.385. The van der Waals surface area contributed by atoms with Crippen molar-refractivity contribution in [3.05, 3.63) is 59.2 Å². The van der Waals surface area contributed by atoms with Gasteiger partial charge in [0, 0.05) is 32.4 Å². The molecule has 3 rings (SSSR count). The lowest BCUT2D eigenvalue weighted by Crippen LogP contribution is -2.32. The molecule has 1 atom stereocenters. The Hall–Kier alpha value is -3.52. The van der Waals surface area contributed by atoms with E-state index in [1.165, 1.54) is 26.2 Å². The number of ketones is 1. The van der Waals surface area contributed by atoms with Gasteiger partial charge >= 0.3 is 0 Å². The molecular weight excluding hydrogens is 436 g/mol. The highest BCUT2D eigenvalue weighted by Crippen LogP contribution is 2.41. The number of hydrogen-bond donors (Lipinski definition) is 1. The van der Waals surface area contributed by atoms with Gasteiger partial charge in [-0.1, -0.05) is 12.1 Å². The average Bonchev–Trinajstić information content (AvgIpc) is 3.12. The lowest BCUT2D eigenvalue weighted by Gasteiger charge is -2.26. The number of hydrogen-bond acceptors (Lipinski definition) is 7. The number of amides is 1. The van der Waals surface area contributed by atoms with E-state index in [4.69, 9.17) is 14.2 Å². The van der Waals surface area contributed by atoms with Crippen LogP contribution in [0, 0.1) is 0 Å². The first-order valence-electron chi connectivity index (χ1n) is 11.3. The van der Waals surface area contributed by atoms with Gasteiger partial charge in [0.05, 0.1) is 38.0 Å². The Bertz CT molecular complexity index is 1060. The fourth-order valence-electron chi connectivity index (χ4n) is 4.25. The van der Waals surface area contributed by atoms with Crippen molar-refractivity contribution in [1.29, 1.82) is 0 Å². The predicted molar refractivity (Wildman–Crippen MR) is 130 cm³/mol. The third-order valence-electron chi connectivity index (χ3n) is 6.08. The molecule has 2 aromatic rings. The molecule has 1 saturated heterocycles. The van der Waals surface area contributed by atoms with E-state index in [1.54, 1.807) is 18.2 Å². The molecule has 8 heteroatoms. The van der Waals surface area contributed by atoms with E-state index < -0.39 is 17.7 Å². The monoisotopic (exact) mass is 468 g/mol. The van der Waals surface area contributed by atoms with Crippen LogP contribution < -0.4 is 14.4 Å². The first kappa shape index (κ1) is 25.1. The van der Waals surface area contributed by atoms with Crippen LogP contribution in [0.2, 0.25) is 0 Å². The molecule has 1 amide bonds. The number of likely N-dealkylation sites (tertiary alicyclic amines) is 1. The van der Waals surface area contributed by atoms with Crippen molar-refractivity contribution in [3.63, 3.8) is 0 Å². The Morgan fingerprint density at radius 1 is 1.00 bits per heavy atom. The van der Waals surface area contributed by atoms with Crippen molar-refractivity contribution in [2.75, 3.05) is 52.5 Å². The van der Waals surface area contributed by atoms with Gasteiger partial charge in [-0.3, -0.25) is 9.59 Å². The number of rotatable bonds is 10. The molecule has 1 fully saturated rings. The molecular formula is C26H32N2O6. The van der Waals surface area contributed by atoms with Crippen LogP contribution in [0.15, 0.2) is 48.0 Å². The van der Waals surface area contributed by atoms with E-state index in [9.17, 15) is 14.7 Å². The van der Waals surface area contributed by atoms with E-state index in [0.29, 0.717) is 11.5 Å². The Kier molecular flexibility index (Phi) is 8.17. The second-order valence-electron chi connectivity index (χ2n) is 7.82. The Balaban J connectivity index is 2.18. The largest absolute Gasteiger partial charge is 0.507 e. The minimum absolute atomic E-state index is 0.00300. The van der Waals surface area contributed by atoms with Crippen molar-refractivity contribution >= 4 is 23.1 Å². The number of anilines is 1. The summed E-state index contributed by atoms with van der Waals surface area (Å²) in [5, 5.41) is 11.3. The minimum Gasteiger partial charge on any atom is -0.507 e. The van der Waals surface area contributed by atoms with Gasteiger partial charge in [0.25, 0.3) is 11.7 Å². The maximum absolute atomic E-state index is 13.2. The summed E-state index contributed by atoms with van der Waals surface area (Å²) in [6.45, 7) is 6.34. The lowest BCUT2D eigenvalue weighted by molar-refractivity contribution is -0.140. The number of benzene rings is 2. The molecule has 34 heavy (non-hydrogen) atoms. The third kappa shape index (κ3) is 4.72. The van der Waals surface area contributed by atoms with Gasteiger partial charge in [-0.2, -0.15) is 0 Å². The number of ether oxygens (including phenoxy) is 3. The molecule has 0 spiro atoms. The van der Waals surface area contributed by atoms with Gasteiger partial charge in [-0.05, 0) is 49.7 Å². The van der Waals surface area contributed by atoms with Crippen LogP contribution in [0.3, 0.4) is 0 Å². The number of carbonyl (C=O) groups excluding carboxylic acids is 2. The molecule has 0 bridgehead atoms. The zero-order valence-electron chi connectivity index (χ0n) is 20.3. The number of aliphatic hydroxyl groups excluding tert-OH is 1. The van der Waals surface area contributed by atoms with Crippen LogP contribution in [0.4, 0.5) is 5.69 Å². The molecule has 1 aliphatic heterocycles. The normalized spacial score (nSPS) is 17.2. The Labute approximate surface area is 200 Å². The Morgan fingerprint density at radius 3 is 2.24 bits per heavy atom. The predicted octanol–water partition coefficient (Wildman–Crippen LogP) is 3.62. The van der Waals surface area contributed by atoms with Gasteiger partial charge in [0.1, 0.15) is 17.3 Å². The van der Waals surface area contributed by atoms with Gasteiger partial charge < -0.3 is 29.1 Å². The number of aliphatic hydroxyl groups is 1. The van der Waals surface area contributed by atoms with E-state index in [-0.39, 0.29) is 30.0 Å². The molecule has 1 heterocycles. The van der Waals surface area contributed by atoms with Crippen LogP contribution in [-0.4, -0.2) is 69.3 Å². The minimum atomic E-state index is -0.767. The summed E-state index contributed by atoms with van der Waals surface area (Å²) in [5.41, 5.74) is 2.03. The molecule has 8 nitrogen and oxygen atoms in total. The number of nitrogens with zero attached hydrogens (tertiary/aromatic N) is 2. The van der Waals surface area contributed by atoms with Crippen LogP contribution >= 0.6 is 0 Å². The zero-order chi connectivity index (χ0) is 24.8. The summed E-state index contributed by atoms with van der Waals surface area (Å²) in [5.74, 6) is -0.908. The maximum Gasteiger partial charge on any atom is 0.295 e. The highest BCUT2D eigenvalue weighted by atomic mass is 16.5. The molecule has 0 saturated carbocycles. The molecule has 1 unspecified atom stereocenters. The molecule has 0 radical (unpaired) electrons. The number of methoxy groups -OCH3 is 3. The van der Waals surface area contributed by atoms with Gasteiger partial charge in [0.2, 0.25) is 0 Å². The van der Waals surface area contributed by atoms with Crippen molar-refractivity contribution < 1.29 is 28.9 Å². The van der Waals surface area contributed by atoms with Crippen molar-refractivity contribution in [2.45, 2.75) is 19.9 Å². The Morgan fingerprint density at radius 2 is 1.68 bits per heavy atom. The van der Waals surface area contributed by atoms with Crippen molar-refractivity contribution in [2.24, 2.45) is 0 Å². The van der Waals surface area contributed by atoms with Crippen LogP contribution in [0.25, 0.3) is 5.76 Å². The second kappa shape index (κ2) is 11.1. The molecule has 2 aromatic carbocycles. The molecule has 182 valence electrons.